The van der Waals surface area contributed by atoms with Crippen molar-refractivity contribution in [3.05, 3.63) is 71.3 Å². The topological polar surface area (TPSA) is 95.9 Å². The van der Waals surface area contributed by atoms with E-state index in [4.69, 9.17) is 4.74 Å². The molecule has 1 heterocycles. The van der Waals surface area contributed by atoms with Crippen molar-refractivity contribution < 1.29 is 24.2 Å². The molecule has 2 aromatic carbocycles. The first-order chi connectivity index (χ1) is 14.0. The Balaban J connectivity index is 1.63. The second kappa shape index (κ2) is 9.23. The summed E-state index contributed by atoms with van der Waals surface area (Å²) in [6, 6.07) is 15.6. The van der Waals surface area contributed by atoms with Gasteiger partial charge in [-0.25, -0.2) is 9.59 Å². The highest BCUT2D eigenvalue weighted by Crippen LogP contribution is 2.37. The molecule has 1 fully saturated rings. The molecule has 2 aromatic rings. The third-order valence-corrected chi connectivity index (χ3v) is 5.10. The Morgan fingerprint density at radius 3 is 2.45 bits per heavy atom. The summed E-state index contributed by atoms with van der Waals surface area (Å²) in [4.78, 5) is 37.8. The molecular weight excluding hydrogens is 372 g/mol. The van der Waals surface area contributed by atoms with Crippen molar-refractivity contribution in [3.63, 3.8) is 0 Å². The maximum absolute atomic E-state index is 12.8. The number of carboxylic acids is 1. The Kier molecular flexibility index (Phi) is 6.49. The van der Waals surface area contributed by atoms with E-state index in [1.807, 2.05) is 61.5 Å². The Bertz CT molecular complexity index is 884. The van der Waals surface area contributed by atoms with Crippen molar-refractivity contribution >= 4 is 18.0 Å². The molecular formula is C22H24N2O5. The van der Waals surface area contributed by atoms with E-state index < -0.39 is 24.0 Å². The molecule has 152 valence electrons. The molecule has 0 saturated carbocycles. The number of rotatable bonds is 6. The van der Waals surface area contributed by atoms with Gasteiger partial charge in [-0.05, 0) is 36.5 Å². The Hall–Kier alpha value is -3.35. The number of hydrogen-bond donors (Lipinski definition) is 2. The standard InChI is InChI=1S/C22H24N2O5/c1-15-7-5-6-10-17(15)18-11-12-19(21(26)27)24(18)20(25)13-23-22(28)29-14-16-8-3-2-4-9-16/h2-10,18-19H,11-14H2,1H3,(H,23,28)(H,26,27)/t18?,19-/m0/s1. The van der Waals surface area contributed by atoms with Crippen LogP contribution < -0.4 is 5.32 Å². The summed E-state index contributed by atoms with van der Waals surface area (Å²) in [5, 5.41) is 12.0. The number of alkyl carbamates (subject to hydrolysis) is 1. The smallest absolute Gasteiger partial charge is 0.407 e. The van der Waals surface area contributed by atoms with Crippen LogP contribution in [0.3, 0.4) is 0 Å². The van der Waals surface area contributed by atoms with Crippen molar-refractivity contribution in [1.29, 1.82) is 0 Å². The minimum Gasteiger partial charge on any atom is -0.480 e. The van der Waals surface area contributed by atoms with Crippen molar-refractivity contribution in [2.24, 2.45) is 0 Å². The van der Waals surface area contributed by atoms with Crippen molar-refractivity contribution in [1.82, 2.24) is 10.2 Å². The van der Waals surface area contributed by atoms with E-state index in [9.17, 15) is 19.5 Å². The van der Waals surface area contributed by atoms with Crippen LogP contribution >= 0.6 is 0 Å². The van der Waals surface area contributed by atoms with E-state index in [1.54, 1.807) is 0 Å². The second-order valence-electron chi connectivity index (χ2n) is 7.02. The predicted molar refractivity (Wildman–Crippen MR) is 106 cm³/mol. The summed E-state index contributed by atoms with van der Waals surface area (Å²) in [6.45, 7) is 1.71. The summed E-state index contributed by atoms with van der Waals surface area (Å²) in [5.41, 5.74) is 2.76. The van der Waals surface area contributed by atoms with Crippen LogP contribution in [-0.2, 0) is 20.9 Å². The molecule has 0 spiro atoms. The van der Waals surface area contributed by atoms with Gasteiger partial charge in [0.1, 0.15) is 19.2 Å². The lowest BCUT2D eigenvalue weighted by Gasteiger charge is -2.29. The molecule has 7 heteroatoms. The number of amides is 2. The second-order valence-corrected chi connectivity index (χ2v) is 7.02. The summed E-state index contributed by atoms with van der Waals surface area (Å²) in [6.07, 6.45) is 0.214. The fourth-order valence-electron chi connectivity index (χ4n) is 3.68. The van der Waals surface area contributed by atoms with E-state index in [0.29, 0.717) is 12.8 Å². The van der Waals surface area contributed by atoms with Crippen molar-refractivity contribution in [2.45, 2.75) is 38.5 Å². The van der Waals surface area contributed by atoms with Gasteiger partial charge in [0.2, 0.25) is 5.91 Å². The highest BCUT2D eigenvalue weighted by molar-refractivity contribution is 5.87. The average Bonchev–Trinajstić information content (AvgIpc) is 3.17. The number of benzene rings is 2. The zero-order valence-corrected chi connectivity index (χ0v) is 16.2. The van der Waals surface area contributed by atoms with Gasteiger partial charge in [-0.1, -0.05) is 54.6 Å². The predicted octanol–water partition coefficient (Wildman–Crippen LogP) is 3.04. The first-order valence-corrected chi connectivity index (χ1v) is 9.51. The molecule has 0 aliphatic carbocycles. The summed E-state index contributed by atoms with van der Waals surface area (Å²) in [5.74, 6) is -1.49. The van der Waals surface area contributed by atoms with Crippen LogP contribution in [0.2, 0.25) is 0 Å². The van der Waals surface area contributed by atoms with Crippen LogP contribution in [0.5, 0.6) is 0 Å². The minimum atomic E-state index is -1.04. The Morgan fingerprint density at radius 1 is 1.07 bits per heavy atom. The quantitative estimate of drug-likeness (QED) is 0.782. The molecule has 2 N–H and O–H groups in total. The molecule has 2 atom stereocenters. The number of ether oxygens (including phenoxy) is 1. The fourth-order valence-corrected chi connectivity index (χ4v) is 3.68. The number of carboxylic acid groups (broad SMARTS) is 1. The van der Waals surface area contributed by atoms with Gasteiger partial charge in [0.15, 0.2) is 0 Å². The molecule has 29 heavy (non-hydrogen) atoms. The van der Waals surface area contributed by atoms with E-state index in [2.05, 4.69) is 5.32 Å². The van der Waals surface area contributed by atoms with Crippen LogP contribution in [0.4, 0.5) is 4.79 Å². The zero-order chi connectivity index (χ0) is 20.8. The molecule has 2 amide bonds. The maximum Gasteiger partial charge on any atom is 0.407 e. The molecule has 0 radical (unpaired) electrons. The van der Waals surface area contributed by atoms with Gasteiger partial charge in [-0.3, -0.25) is 4.79 Å². The number of aryl methyl sites for hydroxylation is 1. The number of aliphatic carboxylic acids is 1. The molecule has 1 aliphatic heterocycles. The van der Waals surface area contributed by atoms with Gasteiger partial charge in [0, 0.05) is 0 Å². The normalized spacial score (nSPS) is 18.3. The molecule has 0 bridgehead atoms. The van der Waals surface area contributed by atoms with E-state index in [1.165, 1.54) is 4.90 Å². The number of nitrogens with zero attached hydrogens (tertiary/aromatic N) is 1. The minimum absolute atomic E-state index is 0.0914. The summed E-state index contributed by atoms with van der Waals surface area (Å²) >= 11 is 0. The van der Waals surface area contributed by atoms with Crippen LogP contribution in [0.1, 0.15) is 35.6 Å². The van der Waals surface area contributed by atoms with Crippen LogP contribution in [0, 0.1) is 6.92 Å². The zero-order valence-electron chi connectivity index (χ0n) is 16.2. The highest BCUT2D eigenvalue weighted by atomic mass is 16.5. The average molecular weight is 396 g/mol. The number of likely N-dealkylation sites (tertiary alicyclic amines) is 1. The molecule has 1 unspecified atom stereocenters. The third kappa shape index (κ3) is 4.93. The molecule has 7 nitrogen and oxygen atoms in total. The molecule has 1 saturated heterocycles. The van der Waals surface area contributed by atoms with Crippen LogP contribution in [-0.4, -0.2) is 40.6 Å². The monoisotopic (exact) mass is 396 g/mol. The summed E-state index contributed by atoms with van der Waals surface area (Å²) < 4.78 is 5.11. The lowest BCUT2D eigenvalue weighted by Crippen LogP contribution is -2.46. The number of carbonyl (C=O) groups is 3. The van der Waals surface area contributed by atoms with Crippen molar-refractivity contribution in [2.75, 3.05) is 6.54 Å². The number of carbonyl (C=O) groups excluding carboxylic acids is 2. The lowest BCUT2D eigenvalue weighted by atomic mass is 9.99. The maximum atomic E-state index is 12.8. The fraction of sp³-hybridized carbons (Fsp3) is 0.318. The first-order valence-electron chi connectivity index (χ1n) is 9.51. The first kappa shape index (κ1) is 20.4. The number of nitrogens with one attached hydrogen (secondary N) is 1. The number of hydrogen-bond acceptors (Lipinski definition) is 4. The van der Waals surface area contributed by atoms with Crippen LogP contribution in [0.25, 0.3) is 0 Å². The SMILES string of the molecule is Cc1ccccc1C1CC[C@@H](C(=O)O)N1C(=O)CNC(=O)OCc1ccccc1. The summed E-state index contributed by atoms with van der Waals surface area (Å²) in [7, 11) is 0. The van der Waals surface area contributed by atoms with Gasteiger partial charge in [0.05, 0.1) is 6.04 Å². The Labute approximate surface area is 169 Å². The van der Waals surface area contributed by atoms with Gasteiger partial charge >= 0.3 is 12.1 Å². The molecule has 1 aliphatic rings. The van der Waals surface area contributed by atoms with Gasteiger partial charge in [0.25, 0.3) is 0 Å². The van der Waals surface area contributed by atoms with Gasteiger partial charge < -0.3 is 20.1 Å². The van der Waals surface area contributed by atoms with Crippen molar-refractivity contribution in [3.8, 4) is 0 Å². The van der Waals surface area contributed by atoms with Gasteiger partial charge in [-0.2, -0.15) is 0 Å². The van der Waals surface area contributed by atoms with E-state index in [-0.39, 0.29) is 19.2 Å². The van der Waals surface area contributed by atoms with Gasteiger partial charge in [-0.15, -0.1) is 0 Å². The van der Waals surface area contributed by atoms with E-state index >= 15 is 0 Å². The molecule has 3 rings (SSSR count). The van der Waals surface area contributed by atoms with E-state index in [0.717, 1.165) is 16.7 Å². The lowest BCUT2D eigenvalue weighted by molar-refractivity contribution is -0.149. The highest BCUT2D eigenvalue weighted by Gasteiger charge is 2.41. The largest absolute Gasteiger partial charge is 0.480 e. The molecule has 0 aromatic heterocycles. The Morgan fingerprint density at radius 2 is 1.76 bits per heavy atom. The van der Waals surface area contributed by atoms with Crippen LogP contribution in [0.15, 0.2) is 54.6 Å². The third-order valence-electron chi connectivity index (χ3n) is 5.10.